The number of rotatable bonds is 6. The van der Waals surface area contributed by atoms with Gasteiger partial charge in [-0.25, -0.2) is 12.8 Å². The van der Waals surface area contributed by atoms with Gasteiger partial charge in [0.15, 0.2) is 6.17 Å². The van der Waals surface area contributed by atoms with Crippen molar-refractivity contribution in [2.45, 2.75) is 35.7 Å². The molecule has 33 heavy (non-hydrogen) atoms. The lowest BCUT2D eigenvalue weighted by atomic mass is 9.65. The summed E-state index contributed by atoms with van der Waals surface area (Å²) in [5, 5.41) is 2.87. The number of para-hydroxylation sites is 1. The minimum atomic E-state index is -4.02. The number of ether oxygens (including phenoxy) is 1. The summed E-state index contributed by atoms with van der Waals surface area (Å²) in [6.07, 6.45) is 0.648. The first kappa shape index (κ1) is 21.5. The smallest absolute Gasteiger partial charge is 0.265 e. The van der Waals surface area contributed by atoms with Gasteiger partial charge in [-0.15, -0.1) is 0 Å². The van der Waals surface area contributed by atoms with Crippen LogP contribution in [-0.2, 0) is 20.2 Å². The summed E-state index contributed by atoms with van der Waals surface area (Å²) in [7, 11) is -2.63. The highest BCUT2D eigenvalue weighted by Crippen LogP contribution is 2.54. The van der Waals surface area contributed by atoms with Crippen molar-refractivity contribution in [1.29, 1.82) is 0 Å². The second-order valence-electron chi connectivity index (χ2n) is 8.41. The van der Waals surface area contributed by atoms with E-state index in [-0.39, 0.29) is 27.8 Å². The molecule has 170 valence electrons. The molecule has 1 amide bonds. The zero-order chi connectivity index (χ0) is 23.2. The van der Waals surface area contributed by atoms with Gasteiger partial charge in [-0.05, 0) is 48.2 Å². The van der Waals surface area contributed by atoms with E-state index in [1.54, 1.807) is 54.6 Å². The Kier molecular flexibility index (Phi) is 5.12. The fourth-order valence-electron chi connectivity index (χ4n) is 4.67. The molecule has 8 heteroatoms. The maximum absolute atomic E-state index is 15.7. The van der Waals surface area contributed by atoms with E-state index < -0.39 is 21.6 Å². The van der Waals surface area contributed by atoms with Crippen molar-refractivity contribution in [3.05, 3.63) is 83.4 Å². The molecule has 3 aromatic carbocycles. The Morgan fingerprint density at radius 2 is 1.76 bits per heavy atom. The lowest BCUT2D eigenvalue weighted by Gasteiger charge is -2.36. The number of fused-ring (bicyclic) bond motifs is 2. The number of benzene rings is 3. The van der Waals surface area contributed by atoms with Crippen LogP contribution in [0.3, 0.4) is 0 Å². The summed E-state index contributed by atoms with van der Waals surface area (Å²) in [6.45, 7) is 0. The summed E-state index contributed by atoms with van der Waals surface area (Å²) < 4.78 is 49.9. The molecule has 0 aromatic heterocycles. The largest absolute Gasteiger partial charge is 0.495 e. The number of hydrogen-bond donors (Lipinski definition) is 2. The molecule has 2 N–H and O–H groups in total. The topological polar surface area (TPSA) is 84.5 Å². The molecule has 5 rings (SSSR count). The SMILES string of the molecule is COc1ccccc1S(=O)(=O)Nc1cc(C(F)c2ccccc2)c2c(c1)C1(CCC1)C(=O)N2. The number of carbonyl (C=O) groups excluding carboxylic acids is 1. The van der Waals surface area contributed by atoms with Crippen LogP contribution >= 0.6 is 0 Å². The van der Waals surface area contributed by atoms with E-state index in [0.29, 0.717) is 29.7 Å². The molecule has 1 saturated carbocycles. The van der Waals surface area contributed by atoms with Gasteiger partial charge in [0.2, 0.25) is 5.91 Å². The van der Waals surface area contributed by atoms with Crippen LogP contribution in [0.1, 0.15) is 42.1 Å². The number of alkyl halides is 1. The van der Waals surface area contributed by atoms with E-state index in [1.165, 1.54) is 19.2 Å². The zero-order valence-electron chi connectivity index (χ0n) is 18.0. The number of anilines is 2. The molecular formula is C25H23FN2O4S. The summed E-state index contributed by atoms with van der Waals surface area (Å²) in [5.41, 5.74) is 1.22. The molecule has 1 atom stereocenters. The minimum absolute atomic E-state index is 0.0260. The Morgan fingerprint density at radius 1 is 1.06 bits per heavy atom. The second kappa shape index (κ2) is 7.88. The molecule has 0 bridgehead atoms. The Bertz CT molecular complexity index is 1340. The monoisotopic (exact) mass is 466 g/mol. The number of halogens is 1. The molecular weight excluding hydrogens is 443 g/mol. The summed E-state index contributed by atoms with van der Waals surface area (Å²) in [5.74, 6) is 0.0429. The van der Waals surface area contributed by atoms with Crippen LogP contribution in [0.2, 0.25) is 0 Å². The van der Waals surface area contributed by atoms with Gasteiger partial charge in [-0.2, -0.15) is 0 Å². The lowest BCUT2D eigenvalue weighted by Crippen LogP contribution is -2.40. The van der Waals surface area contributed by atoms with Crippen LogP contribution < -0.4 is 14.8 Å². The van der Waals surface area contributed by atoms with Gasteiger partial charge < -0.3 is 10.1 Å². The highest BCUT2D eigenvalue weighted by Gasteiger charge is 2.52. The van der Waals surface area contributed by atoms with E-state index >= 15 is 4.39 Å². The summed E-state index contributed by atoms with van der Waals surface area (Å²) in [4.78, 5) is 12.8. The predicted molar refractivity (Wildman–Crippen MR) is 124 cm³/mol. The standard InChI is InChI=1S/C25H23FN2O4S/c1-32-20-10-5-6-11-21(20)33(30,31)28-17-14-18(22(26)16-8-3-2-4-9-16)23-19(15-17)25(12-7-13-25)24(29)27-23/h2-6,8-11,14-15,22,28H,7,12-13H2,1H3,(H,27,29). The third-order valence-electron chi connectivity index (χ3n) is 6.54. The van der Waals surface area contributed by atoms with Crippen molar-refractivity contribution in [1.82, 2.24) is 0 Å². The number of sulfonamides is 1. The first-order valence-corrected chi connectivity index (χ1v) is 12.2. The van der Waals surface area contributed by atoms with E-state index in [2.05, 4.69) is 10.0 Å². The first-order valence-electron chi connectivity index (χ1n) is 10.7. The second-order valence-corrected chi connectivity index (χ2v) is 10.1. The lowest BCUT2D eigenvalue weighted by molar-refractivity contribution is -0.123. The minimum Gasteiger partial charge on any atom is -0.495 e. The van der Waals surface area contributed by atoms with Crippen molar-refractivity contribution in [2.24, 2.45) is 0 Å². The van der Waals surface area contributed by atoms with Crippen molar-refractivity contribution >= 4 is 27.3 Å². The third-order valence-corrected chi connectivity index (χ3v) is 7.96. The predicted octanol–water partition coefficient (Wildman–Crippen LogP) is 4.93. The maximum Gasteiger partial charge on any atom is 0.265 e. The van der Waals surface area contributed by atoms with Crippen LogP contribution in [-0.4, -0.2) is 21.4 Å². The molecule has 1 aliphatic carbocycles. The van der Waals surface area contributed by atoms with Gasteiger partial charge in [0.05, 0.1) is 18.2 Å². The molecule has 2 aliphatic rings. The van der Waals surface area contributed by atoms with Gasteiger partial charge in [-0.1, -0.05) is 48.9 Å². The van der Waals surface area contributed by atoms with E-state index in [0.717, 1.165) is 6.42 Å². The van der Waals surface area contributed by atoms with Crippen molar-refractivity contribution in [3.8, 4) is 5.75 Å². The highest BCUT2D eigenvalue weighted by molar-refractivity contribution is 7.92. The van der Waals surface area contributed by atoms with Gasteiger partial charge in [0.1, 0.15) is 10.6 Å². The van der Waals surface area contributed by atoms with Crippen molar-refractivity contribution in [2.75, 3.05) is 17.1 Å². The van der Waals surface area contributed by atoms with Crippen LogP contribution in [0.15, 0.2) is 71.6 Å². The molecule has 1 fully saturated rings. The molecule has 1 spiro atoms. The number of hydrogen-bond acceptors (Lipinski definition) is 4. The fraction of sp³-hybridized carbons (Fsp3) is 0.240. The first-order chi connectivity index (χ1) is 15.9. The van der Waals surface area contributed by atoms with E-state index in [1.807, 2.05) is 0 Å². The highest BCUT2D eigenvalue weighted by atomic mass is 32.2. The number of methoxy groups -OCH3 is 1. The number of carbonyl (C=O) groups is 1. The molecule has 3 aromatic rings. The Morgan fingerprint density at radius 3 is 2.42 bits per heavy atom. The fourth-order valence-corrected chi connectivity index (χ4v) is 5.89. The molecule has 1 unspecified atom stereocenters. The van der Waals surface area contributed by atoms with Crippen LogP contribution in [0.4, 0.5) is 15.8 Å². The normalized spacial score (nSPS) is 17.1. The third kappa shape index (κ3) is 3.45. The Labute approximate surface area is 191 Å². The molecule has 0 saturated heterocycles. The molecule has 1 aliphatic heterocycles. The quantitative estimate of drug-likeness (QED) is 0.540. The van der Waals surface area contributed by atoms with Gasteiger partial charge in [0.25, 0.3) is 10.0 Å². The average Bonchev–Trinajstić information content (AvgIpc) is 3.10. The zero-order valence-corrected chi connectivity index (χ0v) is 18.8. The Hall–Kier alpha value is -3.39. The van der Waals surface area contributed by atoms with Gasteiger partial charge in [-0.3, -0.25) is 9.52 Å². The van der Waals surface area contributed by atoms with Crippen molar-refractivity contribution < 1.29 is 22.3 Å². The van der Waals surface area contributed by atoms with Crippen LogP contribution in [0.25, 0.3) is 0 Å². The number of amides is 1. The molecule has 1 heterocycles. The average molecular weight is 467 g/mol. The van der Waals surface area contributed by atoms with Crippen molar-refractivity contribution in [3.63, 3.8) is 0 Å². The van der Waals surface area contributed by atoms with Crippen LogP contribution in [0.5, 0.6) is 5.75 Å². The van der Waals surface area contributed by atoms with E-state index in [9.17, 15) is 13.2 Å². The molecule has 6 nitrogen and oxygen atoms in total. The number of nitrogens with one attached hydrogen (secondary N) is 2. The molecule has 0 radical (unpaired) electrons. The summed E-state index contributed by atoms with van der Waals surface area (Å²) >= 11 is 0. The van der Waals surface area contributed by atoms with Gasteiger partial charge in [0, 0.05) is 11.3 Å². The van der Waals surface area contributed by atoms with Crippen LogP contribution in [0, 0.1) is 0 Å². The maximum atomic E-state index is 15.7. The van der Waals surface area contributed by atoms with Gasteiger partial charge >= 0.3 is 0 Å². The Balaban J connectivity index is 1.63. The van der Waals surface area contributed by atoms with E-state index in [4.69, 9.17) is 4.74 Å². The summed E-state index contributed by atoms with van der Waals surface area (Å²) in [6, 6.07) is 18.0.